The Morgan fingerprint density at radius 3 is 2.45 bits per heavy atom. The molecule has 0 amide bonds. The van der Waals surface area contributed by atoms with Gasteiger partial charge in [0.1, 0.15) is 0 Å². The Bertz CT molecular complexity index is 454. The van der Waals surface area contributed by atoms with Gasteiger partial charge < -0.3 is 5.32 Å². The van der Waals surface area contributed by atoms with Gasteiger partial charge in [-0.3, -0.25) is 4.90 Å². The first-order chi connectivity index (χ1) is 9.72. The number of nitrogens with zero attached hydrogens (tertiary/aromatic N) is 1. The average Bonchev–Trinajstić information content (AvgIpc) is 3.28. The first-order valence-electron chi connectivity index (χ1n) is 7.61. The van der Waals surface area contributed by atoms with Gasteiger partial charge in [-0.25, -0.2) is 8.78 Å². The van der Waals surface area contributed by atoms with Gasteiger partial charge in [-0.2, -0.15) is 0 Å². The lowest BCUT2D eigenvalue weighted by Crippen LogP contribution is -2.37. The van der Waals surface area contributed by atoms with Gasteiger partial charge in [0.15, 0.2) is 11.6 Å². The number of hydrogen-bond acceptors (Lipinski definition) is 2. The summed E-state index contributed by atoms with van der Waals surface area (Å²) in [5.41, 5.74) is 0.879. The van der Waals surface area contributed by atoms with Crippen LogP contribution in [0.1, 0.15) is 31.2 Å². The van der Waals surface area contributed by atoms with Crippen LogP contribution in [-0.2, 0) is 6.54 Å². The van der Waals surface area contributed by atoms with Gasteiger partial charge in [0.25, 0.3) is 0 Å². The summed E-state index contributed by atoms with van der Waals surface area (Å²) in [5, 5.41) is 3.39. The van der Waals surface area contributed by atoms with Crippen molar-refractivity contribution in [3.05, 3.63) is 35.4 Å². The van der Waals surface area contributed by atoms with Crippen LogP contribution < -0.4 is 5.32 Å². The van der Waals surface area contributed by atoms with Crippen molar-refractivity contribution in [3.63, 3.8) is 0 Å². The molecule has 0 radical (unpaired) electrons. The number of rotatable bonds is 5. The maximum atomic E-state index is 13.3. The number of hydrogen-bond donors (Lipinski definition) is 1. The van der Waals surface area contributed by atoms with E-state index in [1.807, 2.05) is 0 Å². The molecular weight excluding hydrogens is 258 g/mol. The zero-order valence-corrected chi connectivity index (χ0v) is 11.7. The third-order valence-corrected chi connectivity index (χ3v) is 4.38. The summed E-state index contributed by atoms with van der Waals surface area (Å²) >= 11 is 0. The largest absolute Gasteiger partial charge is 0.317 e. The Balaban J connectivity index is 1.62. The minimum atomic E-state index is -0.759. The van der Waals surface area contributed by atoms with Crippen molar-refractivity contribution in [3.8, 4) is 0 Å². The van der Waals surface area contributed by atoms with Crippen molar-refractivity contribution in [2.75, 3.05) is 19.6 Å². The van der Waals surface area contributed by atoms with Crippen LogP contribution in [-0.4, -0.2) is 30.6 Å². The zero-order valence-electron chi connectivity index (χ0n) is 11.7. The molecule has 1 aromatic rings. The normalized spacial score (nSPS) is 20.6. The Morgan fingerprint density at radius 2 is 1.80 bits per heavy atom. The van der Waals surface area contributed by atoms with Crippen LogP contribution in [0.2, 0.25) is 0 Å². The highest BCUT2D eigenvalue weighted by Crippen LogP contribution is 2.30. The topological polar surface area (TPSA) is 15.3 Å². The smallest absolute Gasteiger partial charge is 0.159 e. The molecular formula is C16H22F2N2. The van der Waals surface area contributed by atoms with Crippen molar-refractivity contribution < 1.29 is 8.78 Å². The molecule has 4 heteroatoms. The predicted molar refractivity (Wildman–Crippen MR) is 75.4 cm³/mol. The van der Waals surface area contributed by atoms with Crippen LogP contribution in [0.15, 0.2) is 18.2 Å². The summed E-state index contributed by atoms with van der Waals surface area (Å²) in [7, 11) is 0. The summed E-state index contributed by atoms with van der Waals surface area (Å²) in [6, 6.07) is 4.93. The lowest BCUT2D eigenvalue weighted by Gasteiger charge is -2.30. The maximum Gasteiger partial charge on any atom is 0.159 e. The summed E-state index contributed by atoms with van der Waals surface area (Å²) in [6.45, 7) is 4.04. The Morgan fingerprint density at radius 1 is 1.05 bits per heavy atom. The molecule has 0 aromatic heterocycles. The van der Waals surface area contributed by atoms with Crippen molar-refractivity contribution in [1.82, 2.24) is 10.2 Å². The summed E-state index contributed by atoms with van der Waals surface area (Å²) in [6.07, 6.45) is 4.94. The fourth-order valence-electron chi connectivity index (χ4n) is 3.05. The molecule has 2 aliphatic rings. The van der Waals surface area contributed by atoms with E-state index < -0.39 is 11.6 Å². The summed E-state index contributed by atoms with van der Waals surface area (Å²) < 4.78 is 26.3. The standard InChI is InChI=1S/C16H22F2N2/c17-15-4-1-13(9-16(15)18)11-20(14-2-3-14)10-12-5-7-19-8-6-12/h1,4,9,12,14,19H,2-3,5-8,10-11H2. The predicted octanol–water partition coefficient (Wildman–Crippen LogP) is 2.93. The second-order valence-corrected chi connectivity index (χ2v) is 6.10. The summed E-state index contributed by atoms with van der Waals surface area (Å²) in [4.78, 5) is 2.46. The van der Waals surface area contributed by atoms with Crippen LogP contribution >= 0.6 is 0 Å². The molecule has 0 spiro atoms. The molecule has 1 aromatic carbocycles. The lowest BCUT2D eigenvalue weighted by atomic mass is 9.97. The molecule has 1 saturated carbocycles. The van der Waals surface area contributed by atoms with Gasteiger partial charge in [0.05, 0.1) is 0 Å². The van der Waals surface area contributed by atoms with Gasteiger partial charge in [0.2, 0.25) is 0 Å². The Hall–Kier alpha value is -1.00. The molecule has 3 rings (SSSR count). The molecule has 0 unspecified atom stereocenters. The zero-order chi connectivity index (χ0) is 13.9. The van der Waals surface area contributed by atoms with Gasteiger partial charge >= 0.3 is 0 Å². The van der Waals surface area contributed by atoms with E-state index >= 15 is 0 Å². The van der Waals surface area contributed by atoms with Crippen LogP contribution in [0.25, 0.3) is 0 Å². The van der Waals surface area contributed by atoms with Gasteiger partial charge in [-0.15, -0.1) is 0 Å². The number of nitrogens with one attached hydrogen (secondary N) is 1. The first-order valence-corrected chi connectivity index (χ1v) is 7.61. The lowest BCUT2D eigenvalue weighted by molar-refractivity contribution is 0.190. The molecule has 2 nitrogen and oxygen atoms in total. The van der Waals surface area contributed by atoms with Gasteiger partial charge in [-0.1, -0.05) is 6.07 Å². The molecule has 1 saturated heterocycles. The first kappa shape index (κ1) is 14.0. The number of halogens is 2. The second kappa shape index (κ2) is 6.19. The van der Waals surface area contributed by atoms with E-state index in [4.69, 9.17) is 0 Å². The third-order valence-electron chi connectivity index (χ3n) is 4.38. The molecule has 110 valence electrons. The fourth-order valence-corrected chi connectivity index (χ4v) is 3.05. The molecule has 0 bridgehead atoms. The van der Waals surface area contributed by atoms with Gasteiger partial charge in [-0.05, 0) is 62.4 Å². The Labute approximate surface area is 119 Å². The molecule has 1 aliphatic heterocycles. The van der Waals surface area contributed by atoms with E-state index in [1.165, 1.54) is 37.8 Å². The Kier molecular flexibility index (Phi) is 4.32. The van der Waals surface area contributed by atoms with Crippen LogP contribution in [0.5, 0.6) is 0 Å². The molecule has 2 fully saturated rings. The van der Waals surface area contributed by atoms with Crippen molar-refractivity contribution in [1.29, 1.82) is 0 Å². The number of benzene rings is 1. The number of piperidine rings is 1. The maximum absolute atomic E-state index is 13.3. The van der Waals surface area contributed by atoms with Crippen molar-refractivity contribution in [2.24, 2.45) is 5.92 Å². The van der Waals surface area contributed by atoms with E-state index in [0.717, 1.165) is 37.7 Å². The SMILES string of the molecule is Fc1ccc(CN(CC2CCNCC2)C2CC2)cc1F. The minimum absolute atomic E-state index is 0.651. The highest BCUT2D eigenvalue weighted by atomic mass is 19.2. The second-order valence-electron chi connectivity index (χ2n) is 6.10. The van der Waals surface area contributed by atoms with Gasteiger partial charge in [0, 0.05) is 19.1 Å². The van der Waals surface area contributed by atoms with Crippen LogP contribution in [0.3, 0.4) is 0 Å². The molecule has 20 heavy (non-hydrogen) atoms. The van der Waals surface area contributed by atoms with Crippen molar-refractivity contribution in [2.45, 2.75) is 38.3 Å². The van der Waals surface area contributed by atoms with Crippen LogP contribution in [0, 0.1) is 17.6 Å². The monoisotopic (exact) mass is 280 g/mol. The van der Waals surface area contributed by atoms with E-state index in [1.54, 1.807) is 6.07 Å². The van der Waals surface area contributed by atoms with Crippen molar-refractivity contribution >= 4 is 0 Å². The van der Waals surface area contributed by atoms with Crippen LogP contribution in [0.4, 0.5) is 8.78 Å². The van der Waals surface area contributed by atoms with E-state index in [0.29, 0.717) is 6.04 Å². The molecule has 0 atom stereocenters. The van der Waals surface area contributed by atoms with E-state index in [2.05, 4.69) is 10.2 Å². The third kappa shape index (κ3) is 3.55. The van der Waals surface area contributed by atoms with E-state index in [9.17, 15) is 8.78 Å². The quantitative estimate of drug-likeness (QED) is 0.892. The van der Waals surface area contributed by atoms with E-state index in [-0.39, 0.29) is 0 Å². The average molecular weight is 280 g/mol. The molecule has 1 N–H and O–H groups in total. The highest BCUT2D eigenvalue weighted by Gasteiger charge is 2.31. The molecule has 1 heterocycles. The highest BCUT2D eigenvalue weighted by molar-refractivity contribution is 5.18. The fraction of sp³-hybridized carbons (Fsp3) is 0.625. The summed E-state index contributed by atoms with van der Waals surface area (Å²) in [5.74, 6) is -0.757. The minimum Gasteiger partial charge on any atom is -0.317 e. The molecule has 1 aliphatic carbocycles.